The lowest BCUT2D eigenvalue weighted by molar-refractivity contribution is 0.251. The molecule has 0 fully saturated rings. The van der Waals surface area contributed by atoms with Crippen LogP contribution in [0.3, 0.4) is 0 Å². The summed E-state index contributed by atoms with van der Waals surface area (Å²) in [7, 11) is 0. The van der Waals surface area contributed by atoms with Gasteiger partial charge in [-0.15, -0.1) is 11.8 Å². The Hall–Kier alpha value is -2.52. The van der Waals surface area contributed by atoms with Gasteiger partial charge in [0, 0.05) is 35.5 Å². The number of hydrogen-bond acceptors (Lipinski definition) is 4. The van der Waals surface area contributed by atoms with E-state index in [2.05, 4.69) is 21.7 Å². The van der Waals surface area contributed by atoms with Gasteiger partial charge in [-0.2, -0.15) is 5.26 Å². The van der Waals surface area contributed by atoms with Crippen LogP contribution in [-0.4, -0.2) is 16.3 Å². The highest BCUT2D eigenvalue weighted by Crippen LogP contribution is 2.31. The Kier molecular flexibility index (Phi) is 6.45. The molecule has 1 heterocycles. The molecule has 23 heavy (non-hydrogen) atoms. The van der Waals surface area contributed by atoms with E-state index in [1.807, 2.05) is 43.3 Å². The molecule has 2 aromatic rings. The van der Waals surface area contributed by atoms with Gasteiger partial charge in [0.25, 0.3) is 0 Å². The molecule has 118 valence electrons. The highest BCUT2D eigenvalue weighted by atomic mass is 32.2. The minimum absolute atomic E-state index is 0.168. The summed E-state index contributed by atoms with van der Waals surface area (Å²) in [4.78, 5) is 17.0. The summed E-state index contributed by atoms with van der Waals surface area (Å²) < 4.78 is 0. The average molecular weight is 326 g/mol. The quantitative estimate of drug-likeness (QED) is 0.792. The number of amides is 2. The molecule has 2 rings (SSSR count). The number of carbonyl (C=O) groups excluding carboxylic acids is 1. The second-order valence-corrected chi connectivity index (χ2v) is 6.44. The van der Waals surface area contributed by atoms with E-state index >= 15 is 0 Å². The fourth-order valence-electron chi connectivity index (χ4n) is 1.91. The van der Waals surface area contributed by atoms with E-state index in [1.54, 1.807) is 24.2 Å². The molecule has 1 aromatic heterocycles. The van der Waals surface area contributed by atoms with Crippen molar-refractivity contribution in [3.8, 4) is 6.07 Å². The van der Waals surface area contributed by atoms with Crippen molar-refractivity contribution in [2.45, 2.75) is 30.0 Å². The maximum absolute atomic E-state index is 12.0. The van der Waals surface area contributed by atoms with Crippen molar-refractivity contribution in [3.63, 3.8) is 0 Å². The minimum Gasteiger partial charge on any atom is -0.334 e. The summed E-state index contributed by atoms with van der Waals surface area (Å²) in [6, 6.07) is 13.2. The molecule has 6 heteroatoms. The molecule has 0 unspecified atom stereocenters. The second-order valence-electron chi connectivity index (χ2n) is 4.96. The number of nitrogens with one attached hydrogen (secondary N) is 2. The molecule has 0 saturated carbocycles. The molecule has 0 spiro atoms. The normalized spacial score (nSPS) is 11.3. The highest BCUT2D eigenvalue weighted by Gasteiger charge is 2.10. The molecule has 1 atom stereocenters. The third-order valence-electron chi connectivity index (χ3n) is 3.02. The fourth-order valence-corrected chi connectivity index (χ4v) is 2.91. The van der Waals surface area contributed by atoms with Gasteiger partial charge < -0.3 is 10.6 Å². The zero-order valence-electron chi connectivity index (χ0n) is 12.8. The standard InChI is InChI=1S/C17H18N4OS/c1-13(8-9-18)23-16-7-3-2-6-15(16)21-17(22)20-12-14-5-4-10-19-11-14/h2-7,10-11,13H,8,12H2,1H3,(H2,20,21,22)/t13-/m1/s1. The maximum Gasteiger partial charge on any atom is 0.319 e. The minimum atomic E-state index is -0.269. The Morgan fingerprint density at radius 2 is 2.17 bits per heavy atom. The van der Waals surface area contributed by atoms with Crippen molar-refractivity contribution in [1.29, 1.82) is 5.26 Å². The van der Waals surface area contributed by atoms with E-state index < -0.39 is 0 Å². The summed E-state index contributed by atoms with van der Waals surface area (Å²) in [5.74, 6) is 0. The second kappa shape index (κ2) is 8.81. The molecule has 0 radical (unpaired) electrons. The van der Waals surface area contributed by atoms with Gasteiger partial charge in [-0.3, -0.25) is 4.98 Å². The third kappa shape index (κ3) is 5.64. The number of nitrogens with zero attached hydrogens (tertiary/aromatic N) is 2. The van der Waals surface area contributed by atoms with Gasteiger partial charge in [-0.05, 0) is 23.8 Å². The predicted molar refractivity (Wildman–Crippen MR) is 92.1 cm³/mol. The van der Waals surface area contributed by atoms with Crippen LogP contribution >= 0.6 is 11.8 Å². The Labute approximate surface area is 140 Å². The van der Waals surface area contributed by atoms with Crippen LogP contribution in [0.5, 0.6) is 0 Å². The third-order valence-corrected chi connectivity index (χ3v) is 4.20. The van der Waals surface area contributed by atoms with Crippen molar-refractivity contribution in [2.75, 3.05) is 5.32 Å². The first kappa shape index (κ1) is 16.8. The van der Waals surface area contributed by atoms with Gasteiger partial charge in [0.05, 0.1) is 11.8 Å². The number of hydrogen-bond donors (Lipinski definition) is 2. The zero-order valence-corrected chi connectivity index (χ0v) is 13.6. The van der Waals surface area contributed by atoms with E-state index in [-0.39, 0.29) is 11.3 Å². The van der Waals surface area contributed by atoms with Crippen molar-refractivity contribution < 1.29 is 4.79 Å². The SMILES string of the molecule is C[C@H](CC#N)Sc1ccccc1NC(=O)NCc1cccnc1. The summed E-state index contributed by atoms with van der Waals surface area (Å²) in [5.41, 5.74) is 1.68. The number of rotatable bonds is 6. The lowest BCUT2D eigenvalue weighted by atomic mass is 10.3. The molecule has 0 aliphatic rings. The molecule has 1 aromatic carbocycles. The van der Waals surface area contributed by atoms with Crippen LogP contribution < -0.4 is 10.6 Å². The van der Waals surface area contributed by atoms with Gasteiger partial charge in [0.15, 0.2) is 0 Å². The van der Waals surface area contributed by atoms with Crippen LogP contribution in [0.15, 0.2) is 53.7 Å². The van der Waals surface area contributed by atoms with Crippen LogP contribution in [0.1, 0.15) is 18.9 Å². The van der Waals surface area contributed by atoms with Crippen LogP contribution in [0, 0.1) is 11.3 Å². The Morgan fingerprint density at radius 1 is 1.35 bits per heavy atom. The lowest BCUT2D eigenvalue weighted by Crippen LogP contribution is -2.28. The summed E-state index contributed by atoms with van der Waals surface area (Å²) in [6.07, 6.45) is 3.87. The van der Waals surface area contributed by atoms with Gasteiger partial charge in [-0.25, -0.2) is 4.79 Å². The monoisotopic (exact) mass is 326 g/mol. The molecule has 0 saturated heterocycles. The molecular formula is C17H18N4OS. The number of pyridine rings is 1. The zero-order chi connectivity index (χ0) is 16.5. The van der Waals surface area contributed by atoms with Gasteiger partial charge in [0.1, 0.15) is 0 Å². The Bertz CT molecular complexity index is 684. The number of para-hydroxylation sites is 1. The molecule has 2 N–H and O–H groups in total. The molecule has 2 amide bonds. The van der Waals surface area contributed by atoms with E-state index in [4.69, 9.17) is 5.26 Å². The lowest BCUT2D eigenvalue weighted by Gasteiger charge is -2.13. The van der Waals surface area contributed by atoms with Crippen molar-refractivity contribution in [2.24, 2.45) is 0 Å². The average Bonchev–Trinajstić information content (AvgIpc) is 2.56. The van der Waals surface area contributed by atoms with E-state index in [0.717, 1.165) is 16.1 Å². The summed E-state index contributed by atoms with van der Waals surface area (Å²) in [6.45, 7) is 2.41. The topological polar surface area (TPSA) is 77.8 Å². The highest BCUT2D eigenvalue weighted by molar-refractivity contribution is 8.00. The van der Waals surface area contributed by atoms with E-state index in [1.165, 1.54) is 0 Å². The number of anilines is 1. The number of benzene rings is 1. The van der Waals surface area contributed by atoms with Gasteiger partial charge in [0.2, 0.25) is 0 Å². The van der Waals surface area contributed by atoms with Crippen LogP contribution in [-0.2, 0) is 6.54 Å². The Morgan fingerprint density at radius 3 is 2.91 bits per heavy atom. The van der Waals surface area contributed by atoms with Crippen molar-refractivity contribution >= 4 is 23.5 Å². The van der Waals surface area contributed by atoms with Crippen LogP contribution in [0.2, 0.25) is 0 Å². The van der Waals surface area contributed by atoms with E-state index in [9.17, 15) is 4.79 Å². The molecule has 5 nitrogen and oxygen atoms in total. The predicted octanol–water partition coefficient (Wildman–Crippen LogP) is 3.80. The Balaban J connectivity index is 1.94. The van der Waals surface area contributed by atoms with Crippen LogP contribution in [0.4, 0.5) is 10.5 Å². The molecule has 0 aliphatic heterocycles. The smallest absolute Gasteiger partial charge is 0.319 e. The van der Waals surface area contributed by atoms with Crippen LogP contribution in [0.25, 0.3) is 0 Å². The summed E-state index contributed by atoms with van der Waals surface area (Å²) >= 11 is 1.58. The first-order valence-corrected chi connectivity index (χ1v) is 8.13. The molecular weight excluding hydrogens is 308 g/mol. The van der Waals surface area contributed by atoms with E-state index in [0.29, 0.717) is 13.0 Å². The number of thioether (sulfide) groups is 1. The number of aromatic nitrogens is 1. The van der Waals surface area contributed by atoms with Crippen molar-refractivity contribution in [3.05, 3.63) is 54.4 Å². The number of nitriles is 1. The number of urea groups is 1. The first-order valence-electron chi connectivity index (χ1n) is 7.25. The molecule has 0 bridgehead atoms. The van der Waals surface area contributed by atoms with Crippen molar-refractivity contribution in [1.82, 2.24) is 10.3 Å². The number of carbonyl (C=O) groups is 1. The molecule has 0 aliphatic carbocycles. The summed E-state index contributed by atoms with van der Waals surface area (Å²) in [5, 5.41) is 14.6. The largest absolute Gasteiger partial charge is 0.334 e. The maximum atomic E-state index is 12.0. The first-order chi connectivity index (χ1) is 11.2. The fraction of sp³-hybridized carbons (Fsp3) is 0.235. The van der Waals surface area contributed by atoms with Gasteiger partial charge >= 0.3 is 6.03 Å². The van der Waals surface area contributed by atoms with Gasteiger partial charge in [-0.1, -0.05) is 25.1 Å².